The predicted octanol–water partition coefficient (Wildman–Crippen LogP) is 0.980. The molecule has 5 heteroatoms. The number of rotatable bonds is 6. The average Bonchev–Trinajstić information content (AvgIpc) is 2.85. The van der Waals surface area contributed by atoms with E-state index in [0.29, 0.717) is 12.8 Å². The number of ether oxygens (including phenoxy) is 2. The lowest BCUT2D eigenvalue weighted by molar-refractivity contribution is -0.136. The number of hydrogen-bond acceptors (Lipinski definition) is 4. The van der Waals surface area contributed by atoms with Crippen molar-refractivity contribution in [3.05, 3.63) is 35.4 Å². The monoisotopic (exact) mass is 266 g/mol. The molecule has 0 amide bonds. The van der Waals surface area contributed by atoms with Crippen LogP contribution in [0.3, 0.4) is 0 Å². The molecule has 1 aromatic rings. The zero-order chi connectivity index (χ0) is 13.7. The molecule has 2 unspecified atom stereocenters. The van der Waals surface area contributed by atoms with E-state index in [1.54, 1.807) is 0 Å². The maximum Gasteiger partial charge on any atom is 0.303 e. The Morgan fingerprint density at radius 2 is 1.89 bits per heavy atom. The number of aliphatic hydroxyl groups is 1. The Hall–Kier alpha value is -1.43. The molecule has 2 atom stereocenters. The standard InChI is InChI=1S/C14H18O5/c15-8-13-12(18-9-19-13)7-11-4-2-1-3-10(11)5-6-14(16)17/h1-4,12-13,15H,5-9H2,(H,16,17). The van der Waals surface area contributed by atoms with Gasteiger partial charge in [-0.2, -0.15) is 0 Å². The molecule has 0 radical (unpaired) electrons. The quantitative estimate of drug-likeness (QED) is 0.802. The van der Waals surface area contributed by atoms with E-state index < -0.39 is 5.97 Å². The van der Waals surface area contributed by atoms with Crippen LogP contribution in [0.4, 0.5) is 0 Å². The first-order valence-corrected chi connectivity index (χ1v) is 6.33. The Morgan fingerprint density at radius 1 is 1.21 bits per heavy atom. The number of carboxylic acid groups (broad SMARTS) is 1. The molecule has 1 aliphatic heterocycles. The largest absolute Gasteiger partial charge is 0.481 e. The van der Waals surface area contributed by atoms with E-state index in [-0.39, 0.29) is 32.0 Å². The van der Waals surface area contributed by atoms with Gasteiger partial charge in [0.25, 0.3) is 0 Å². The third-order valence-corrected chi connectivity index (χ3v) is 3.31. The molecule has 1 aliphatic rings. The summed E-state index contributed by atoms with van der Waals surface area (Å²) >= 11 is 0. The van der Waals surface area contributed by atoms with Gasteiger partial charge in [0, 0.05) is 12.8 Å². The van der Waals surface area contributed by atoms with Crippen molar-refractivity contribution >= 4 is 5.97 Å². The van der Waals surface area contributed by atoms with E-state index in [9.17, 15) is 9.90 Å². The van der Waals surface area contributed by atoms with Crippen molar-refractivity contribution in [2.24, 2.45) is 0 Å². The van der Waals surface area contributed by atoms with E-state index >= 15 is 0 Å². The smallest absolute Gasteiger partial charge is 0.303 e. The van der Waals surface area contributed by atoms with Crippen LogP contribution < -0.4 is 0 Å². The van der Waals surface area contributed by atoms with Gasteiger partial charge < -0.3 is 19.7 Å². The summed E-state index contributed by atoms with van der Waals surface area (Å²) in [5.74, 6) is -0.802. The number of aliphatic hydroxyl groups excluding tert-OH is 1. The molecule has 1 saturated heterocycles. The van der Waals surface area contributed by atoms with Crippen molar-refractivity contribution in [2.45, 2.75) is 31.5 Å². The predicted molar refractivity (Wildman–Crippen MR) is 67.8 cm³/mol. The third-order valence-electron chi connectivity index (χ3n) is 3.31. The zero-order valence-electron chi connectivity index (χ0n) is 10.6. The Bertz CT molecular complexity index is 432. The molecule has 104 valence electrons. The van der Waals surface area contributed by atoms with Gasteiger partial charge in [0.1, 0.15) is 12.9 Å². The average molecular weight is 266 g/mol. The summed E-state index contributed by atoms with van der Waals surface area (Å²) < 4.78 is 10.7. The molecule has 0 spiro atoms. The van der Waals surface area contributed by atoms with Crippen molar-refractivity contribution in [1.29, 1.82) is 0 Å². The molecule has 19 heavy (non-hydrogen) atoms. The van der Waals surface area contributed by atoms with Gasteiger partial charge in [-0.05, 0) is 17.5 Å². The molecule has 5 nitrogen and oxygen atoms in total. The lowest BCUT2D eigenvalue weighted by atomic mass is 9.96. The minimum Gasteiger partial charge on any atom is -0.481 e. The van der Waals surface area contributed by atoms with E-state index in [4.69, 9.17) is 14.6 Å². The first-order valence-electron chi connectivity index (χ1n) is 6.33. The van der Waals surface area contributed by atoms with Crippen LogP contribution in [0.15, 0.2) is 24.3 Å². The number of carboxylic acids is 1. The maximum atomic E-state index is 10.6. The first-order chi connectivity index (χ1) is 9.20. The molecule has 1 aromatic carbocycles. The van der Waals surface area contributed by atoms with E-state index in [0.717, 1.165) is 11.1 Å². The van der Waals surface area contributed by atoms with E-state index in [2.05, 4.69) is 0 Å². The van der Waals surface area contributed by atoms with Crippen LogP contribution in [0.25, 0.3) is 0 Å². The van der Waals surface area contributed by atoms with Crippen LogP contribution in [0, 0.1) is 0 Å². The molecule has 1 fully saturated rings. The second-order valence-corrected chi connectivity index (χ2v) is 4.58. The van der Waals surface area contributed by atoms with Crippen LogP contribution >= 0.6 is 0 Å². The Labute approximate surface area is 111 Å². The molecule has 0 aromatic heterocycles. The van der Waals surface area contributed by atoms with Crippen LogP contribution in [-0.2, 0) is 27.1 Å². The summed E-state index contributed by atoms with van der Waals surface area (Å²) in [7, 11) is 0. The summed E-state index contributed by atoms with van der Waals surface area (Å²) in [5, 5.41) is 17.9. The summed E-state index contributed by atoms with van der Waals surface area (Å²) in [6.45, 7) is 0.134. The van der Waals surface area contributed by atoms with Crippen LogP contribution in [0.1, 0.15) is 17.5 Å². The fourth-order valence-electron chi connectivity index (χ4n) is 2.25. The highest BCUT2D eigenvalue weighted by Gasteiger charge is 2.29. The molecule has 1 heterocycles. The number of aliphatic carboxylic acids is 1. The van der Waals surface area contributed by atoms with Crippen molar-refractivity contribution in [1.82, 2.24) is 0 Å². The lowest BCUT2D eigenvalue weighted by Crippen LogP contribution is -2.28. The normalized spacial score (nSPS) is 22.6. The van der Waals surface area contributed by atoms with Gasteiger partial charge in [-0.1, -0.05) is 24.3 Å². The second kappa shape index (κ2) is 6.65. The van der Waals surface area contributed by atoms with Gasteiger partial charge in [-0.3, -0.25) is 4.79 Å². The van der Waals surface area contributed by atoms with Crippen molar-refractivity contribution in [2.75, 3.05) is 13.4 Å². The molecule has 0 saturated carbocycles. The topological polar surface area (TPSA) is 76.0 Å². The minimum absolute atomic E-state index is 0.0675. The molecule has 0 bridgehead atoms. The van der Waals surface area contributed by atoms with Gasteiger partial charge in [0.2, 0.25) is 0 Å². The second-order valence-electron chi connectivity index (χ2n) is 4.58. The van der Waals surface area contributed by atoms with Gasteiger partial charge in [-0.15, -0.1) is 0 Å². The highest BCUT2D eigenvalue weighted by molar-refractivity contribution is 5.67. The number of hydrogen-bond donors (Lipinski definition) is 2. The highest BCUT2D eigenvalue weighted by Crippen LogP contribution is 2.20. The molecule has 2 rings (SSSR count). The zero-order valence-corrected chi connectivity index (χ0v) is 10.6. The van der Waals surface area contributed by atoms with Crippen LogP contribution in [0.2, 0.25) is 0 Å². The maximum absolute atomic E-state index is 10.6. The molecule has 0 aliphatic carbocycles. The molecule has 2 N–H and O–H groups in total. The summed E-state index contributed by atoms with van der Waals surface area (Å²) in [5.41, 5.74) is 2.06. The van der Waals surface area contributed by atoms with Crippen molar-refractivity contribution in [3.8, 4) is 0 Å². The lowest BCUT2D eigenvalue weighted by Gasteiger charge is -2.16. The highest BCUT2D eigenvalue weighted by atomic mass is 16.7. The van der Waals surface area contributed by atoms with E-state index in [1.165, 1.54) is 0 Å². The summed E-state index contributed by atoms with van der Waals surface area (Å²) in [6, 6.07) is 7.72. The summed E-state index contributed by atoms with van der Waals surface area (Å²) in [6.07, 6.45) is 0.773. The third kappa shape index (κ3) is 3.76. The molecular weight excluding hydrogens is 248 g/mol. The molecular formula is C14H18O5. The number of aryl methyl sites for hydroxylation is 1. The minimum atomic E-state index is -0.802. The SMILES string of the molecule is O=C(O)CCc1ccccc1CC1OCOC1CO. The van der Waals surface area contributed by atoms with E-state index in [1.807, 2.05) is 24.3 Å². The van der Waals surface area contributed by atoms with Crippen LogP contribution in [0.5, 0.6) is 0 Å². The van der Waals surface area contributed by atoms with Crippen molar-refractivity contribution < 1.29 is 24.5 Å². The Kier molecular flexibility index (Phi) is 4.90. The number of carbonyl (C=O) groups is 1. The first kappa shape index (κ1) is 14.0. The van der Waals surface area contributed by atoms with Gasteiger partial charge in [-0.25, -0.2) is 0 Å². The van der Waals surface area contributed by atoms with Gasteiger partial charge in [0.15, 0.2) is 0 Å². The van der Waals surface area contributed by atoms with Crippen molar-refractivity contribution in [3.63, 3.8) is 0 Å². The van der Waals surface area contributed by atoms with Crippen LogP contribution in [-0.4, -0.2) is 41.8 Å². The van der Waals surface area contributed by atoms with Gasteiger partial charge >= 0.3 is 5.97 Å². The fourth-order valence-corrected chi connectivity index (χ4v) is 2.25. The Morgan fingerprint density at radius 3 is 2.58 bits per heavy atom. The Balaban J connectivity index is 2.04. The fraction of sp³-hybridized carbons (Fsp3) is 0.500. The summed E-state index contributed by atoms with van der Waals surface area (Å²) in [4.78, 5) is 10.6. The van der Waals surface area contributed by atoms with Gasteiger partial charge in [0.05, 0.1) is 12.7 Å². The number of benzene rings is 1.